The second kappa shape index (κ2) is 12.5. The van der Waals surface area contributed by atoms with Crippen molar-refractivity contribution in [3.05, 3.63) is 0 Å². The van der Waals surface area contributed by atoms with Crippen molar-refractivity contribution in [1.82, 2.24) is 0 Å². The average Bonchev–Trinajstić information content (AvgIpc) is 2.06. The van der Waals surface area contributed by atoms with Gasteiger partial charge in [-0.1, -0.05) is 20.3 Å². The predicted molar refractivity (Wildman–Crippen MR) is 45.4 cm³/mol. The molecule has 3 N–H and O–H groups in total. The molecule has 0 spiro atoms. The van der Waals surface area contributed by atoms with Crippen LogP contribution in [-0.2, 0) is 0 Å². The zero-order chi connectivity index (χ0) is 9.11. The zero-order valence-corrected chi connectivity index (χ0v) is 7.45. The van der Waals surface area contributed by atoms with Gasteiger partial charge in [-0.05, 0) is 12.8 Å². The molecule has 0 bridgehead atoms. The van der Waals surface area contributed by atoms with E-state index in [1.165, 1.54) is 0 Å². The van der Waals surface area contributed by atoms with E-state index in [0.29, 0.717) is 13.0 Å². The van der Waals surface area contributed by atoms with Gasteiger partial charge >= 0.3 is 0 Å². The number of aliphatic hydroxyl groups excluding tert-OH is 3. The topological polar surface area (TPSA) is 60.7 Å². The molecule has 0 aliphatic carbocycles. The fourth-order valence-electron chi connectivity index (χ4n) is 0.287. The van der Waals surface area contributed by atoms with E-state index in [0.717, 1.165) is 12.8 Å². The third kappa shape index (κ3) is 17.7. The fraction of sp³-hybridized carbons (Fsp3) is 1.00. The smallest absolute Gasteiger partial charge is 0.0768 e. The molecule has 70 valence electrons. The molecule has 1 unspecified atom stereocenters. The van der Waals surface area contributed by atoms with Gasteiger partial charge in [0.05, 0.1) is 12.7 Å². The maximum atomic E-state index is 8.42. The van der Waals surface area contributed by atoms with Crippen molar-refractivity contribution < 1.29 is 15.3 Å². The molecule has 1 atom stereocenters. The highest BCUT2D eigenvalue weighted by Gasteiger charge is 1.92. The second-order valence-corrected chi connectivity index (χ2v) is 2.32. The highest BCUT2D eigenvalue weighted by atomic mass is 16.3. The summed E-state index contributed by atoms with van der Waals surface area (Å²) in [4.78, 5) is 0. The lowest BCUT2D eigenvalue weighted by atomic mass is 10.3. The van der Waals surface area contributed by atoms with Crippen LogP contribution >= 0.6 is 0 Å². The number of unbranched alkanes of at least 4 members (excludes halogenated alkanes) is 1. The van der Waals surface area contributed by atoms with Crippen molar-refractivity contribution >= 4 is 0 Å². The summed E-state index contributed by atoms with van der Waals surface area (Å²) in [6.45, 7) is 4.10. The molecular weight excluding hydrogens is 144 g/mol. The van der Waals surface area contributed by atoms with Crippen LogP contribution in [0, 0.1) is 0 Å². The Morgan fingerprint density at radius 3 is 1.73 bits per heavy atom. The molecule has 0 aromatic rings. The Bertz CT molecular complexity index is 51.3. The quantitative estimate of drug-likeness (QED) is 0.568. The maximum Gasteiger partial charge on any atom is 0.0768 e. The van der Waals surface area contributed by atoms with E-state index in [1.54, 1.807) is 0 Å². The van der Waals surface area contributed by atoms with Gasteiger partial charge in [-0.3, -0.25) is 0 Å². The third-order valence-corrected chi connectivity index (χ3v) is 1.19. The molecule has 0 saturated heterocycles. The first-order chi connectivity index (χ1) is 5.22. The molecule has 11 heavy (non-hydrogen) atoms. The molecule has 3 nitrogen and oxygen atoms in total. The number of hydrogen-bond acceptors (Lipinski definition) is 3. The summed E-state index contributed by atoms with van der Waals surface area (Å²) >= 11 is 0. The van der Waals surface area contributed by atoms with Crippen LogP contribution in [0.5, 0.6) is 0 Å². The van der Waals surface area contributed by atoms with Gasteiger partial charge in [-0.15, -0.1) is 0 Å². The van der Waals surface area contributed by atoms with Crippen LogP contribution in [0.25, 0.3) is 0 Å². The number of aliphatic hydroxyl groups is 3. The van der Waals surface area contributed by atoms with Crippen molar-refractivity contribution in [3.8, 4) is 0 Å². The van der Waals surface area contributed by atoms with Crippen LogP contribution in [0.2, 0.25) is 0 Å². The molecule has 0 rings (SSSR count). The highest BCUT2D eigenvalue weighted by molar-refractivity contribution is 4.43. The van der Waals surface area contributed by atoms with E-state index in [-0.39, 0.29) is 6.61 Å². The van der Waals surface area contributed by atoms with Gasteiger partial charge in [0, 0.05) is 6.61 Å². The first-order valence-corrected chi connectivity index (χ1v) is 4.12. The van der Waals surface area contributed by atoms with Crippen molar-refractivity contribution in [2.45, 2.75) is 39.2 Å². The van der Waals surface area contributed by atoms with Crippen LogP contribution in [0.1, 0.15) is 33.1 Å². The lowest BCUT2D eigenvalue weighted by molar-refractivity contribution is 0.0923. The van der Waals surface area contributed by atoms with Gasteiger partial charge in [0.25, 0.3) is 0 Å². The highest BCUT2D eigenvalue weighted by Crippen LogP contribution is 1.83. The Morgan fingerprint density at radius 1 is 1.18 bits per heavy atom. The minimum Gasteiger partial charge on any atom is -0.396 e. The standard InChI is InChI=1S/C4H10O2.C4H10O/c1-2-4(6)3-5;1-2-3-4-5/h4-6H,2-3H2,1H3;5H,2-4H2,1H3. The van der Waals surface area contributed by atoms with Crippen molar-refractivity contribution in [2.24, 2.45) is 0 Å². The lowest BCUT2D eigenvalue weighted by Gasteiger charge is -1.97. The molecule has 0 radical (unpaired) electrons. The van der Waals surface area contributed by atoms with Crippen LogP contribution in [0.15, 0.2) is 0 Å². The fourth-order valence-corrected chi connectivity index (χ4v) is 0.287. The molecule has 0 aliphatic heterocycles. The monoisotopic (exact) mass is 164 g/mol. The summed E-state index contributed by atoms with van der Waals surface area (Å²) in [5.74, 6) is 0. The number of hydrogen-bond donors (Lipinski definition) is 3. The molecule has 3 heteroatoms. The summed E-state index contributed by atoms with van der Waals surface area (Å²) < 4.78 is 0. The average molecular weight is 164 g/mol. The molecular formula is C8H20O3. The van der Waals surface area contributed by atoms with Crippen LogP contribution < -0.4 is 0 Å². The van der Waals surface area contributed by atoms with Crippen molar-refractivity contribution in [1.29, 1.82) is 0 Å². The van der Waals surface area contributed by atoms with Gasteiger partial charge in [0.1, 0.15) is 0 Å². The van der Waals surface area contributed by atoms with Crippen LogP contribution in [0.3, 0.4) is 0 Å². The van der Waals surface area contributed by atoms with Crippen molar-refractivity contribution in [3.63, 3.8) is 0 Å². The third-order valence-electron chi connectivity index (χ3n) is 1.19. The van der Waals surface area contributed by atoms with Crippen LogP contribution in [-0.4, -0.2) is 34.6 Å². The zero-order valence-electron chi connectivity index (χ0n) is 7.45. The first-order valence-electron chi connectivity index (χ1n) is 4.12. The Labute approximate surface area is 68.7 Å². The Hall–Kier alpha value is -0.120. The van der Waals surface area contributed by atoms with E-state index in [4.69, 9.17) is 15.3 Å². The van der Waals surface area contributed by atoms with Crippen LogP contribution in [0.4, 0.5) is 0 Å². The van der Waals surface area contributed by atoms with Gasteiger partial charge in [-0.25, -0.2) is 0 Å². The minimum atomic E-state index is -0.509. The Balaban J connectivity index is 0. The lowest BCUT2D eigenvalue weighted by Crippen LogP contribution is -2.08. The molecule has 0 amide bonds. The molecule has 0 aromatic heterocycles. The van der Waals surface area contributed by atoms with E-state index >= 15 is 0 Å². The number of rotatable bonds is 4. The maximum absolute atomic E-state index is 8.42. The van der Waals surface area contributed by atoms with Gasteiger partial charge in [0.15, 0.2) is 0 Å². The molecule has 0 aliphatic rings. The summed E-state index contributed by atoms with van der Waals surface area (Å²) in [7, 11) is 0. The van der Waals surface area contributed by atoms with E-state index in [2.05, 4.69) is 6.92 Å². The molecule has 0 aromatic carbocycles. The summed E-state index contributed by atoms with van der Waals surface area (Å²) in [5.41, 5.74) is 0. The second-order valence-electron chi connectivity index (χ2n) is 2.32. The van der Waals surface area contributed by atoms with Gasteiger partial charge in [0.2, 0.25) is 0 Å². The molecule has 0 fully saturated rings. The van der Waals surface area contributed by atoms with Crippen molar-refractivity contribution in [2.75, 3.05) is 13.2 Å². The van der Waals surface area contributed by atoms with E-state index < -0.39 is 6.10 Å². The van der Waals surface area contributed by atoms with Gasteiger partial charge in [-0.2, -0.15) is 0 Å². The van der Waals surface area contributed by atoms with E-state index in [1.807, 2.05) is 6.92 Å². The normalized spacial score (nSPS) is 11.7. The molecule has 0 saturated carbocycles. The SMILES string of the molecule is CCC(O)CO.CCCCO. The summed E-state index contributed by atoms with van der Waals surface area (Å²) in [6.07, 6.45) is 2.16. The Kier molecular flexibility index (Phi) is 15.4. The predicted octanol–water partition coefficient (Wildman–Crippen LogP) is 0.528. The first kappa shape index (κ1) is 13.5. The summed E-state index contributed by atoms with van der Waals surface area (Å²) in [6, 6.07) is 0. The minimum absolute atomic E-state index is 0.115. The van der Waals surface area contributed by atoms with E-state index in [9.17, 15) is 0 Å². The largest absolute Gasteiger partial charge is 0.396 e. The Morgan fingerprint density at radius 2 is 1.73 bits per heavy atom. The molecule has 0 heterocycles. The van der Waals surface area contributed by atoms with Gasteiger partial charge < -0.3 is 15.3 Å². The summed E-state index contributed by atoms with van der Waals surface area (Å²) in [5, 5.41) is 24.6.